The van der Waals surface area contributed by atoms with Crippen LogP contribution in [-0.2, 0) is 30.7 Å². The van der Waals surface area contributed by atoms with Crippen LogP contribution in [0.2, 0.25) is 0 Å². The molecule has 7 nitrogen and oxygen atoms in total. The number of carbonyl (C=O) groups excluding carboxylic acids is 2. The van der Waals surface area contributed by atoms with Gasteiger partial charge in [-0.05, 0) is 50.8 Å². The summed E-state index contributed by atoms with van der Waals surface area (Å²) >= 11 is 1.16. The number of Topliss-reactive ketones (excluding diaryl/α,β-unsaturated/α-hetero) is 1. The Balaban J connectivity index is 1.30. The second kappa shape index (κ2) is 9.26. The number of nitrogens with zero attached hydrogens (tertiary/aromatic N) is 3. The van der Waals surface area contributed by atoms with Crippen molar-refractivity contribution in [3.63, 3.8) is 0 Å². The summed E-state index contributed by atoms with van der Waals surface area (Å²) in [5.41, 5.74) is 4.13. The van der Waals surface area contributed by atoms with Gasteiger partial charge in [0.1, 0.15) is 15.5 Å². The monoisotopic (exact) mass is 489 g/mol. The summed E-state index contributed by atoms with van der Waals surface area (Å²) in [6.07, 6.45) is 2.53. The van der Waals surface area contributed by atoms with Gasteiger partial charge in [-0.15, -0.1) is 11.3 Å². The molecule has 3 aromatic heterocycles. The van der Waals surface area contributed by atoms with Crippen molar-refractivity contribution in [3.05, 3.63) is 85.5 Å². The van der Waals surface area contributed by atoms with Gasteiger partial charge < -0.3 is 9.30 Å². The number of fused-ring (bicyclic) bond motifs is 2. The van der Waals surface area contributed by atoms with Crippen molar-refractivity contribution < 1.29 is 14.3 Å². The lowest BCUT2D eigenvalue weighted by atomic mass is 10.1. The average molecular weight is 490 g/mol. The highest BCUT2D eigenvalue weighted by Gasteiger charge is 2.25. The van der Waals surface area contributed by atoms with Crippen molar-refractivity contribution in [1.29, 1.82) is 0 Å². The molecule has 0 bridgehead atoms. The SMILES string of the molecule is Cc1c(C(=O)OCC(=O)c2cc(C)n(CCc3ccccc3)c2C)sc2nc3n(c(=O)c12)CCC3. The Hall–Kier alpha value is -3.52. The molecule has 0 spiro atoms. The van der Waals surface area contributed by atoms with E-state index in [9.17, 15) is 14.4 Å². The quantitative estimate of drug-likeness (QED) is 0.284. The Bertz CT molecular complexity index is 1510. The van der Waals surface area contributed by atoms with Gasteiger partial charge in [0.2, 0.25) is 5.78 Å². The van der Waals surface area contributed by atoms with Crippen LogP contribution >= 0.6 is 11.3 Å². The Labute approximate surface area is 207 Å². The lowest BCUT2D eigenvalue weighted by Crippen LogP contribution is -2.20. The number of ether oxygens (including phenoxy) is 1. The van der Waals surface area contributed by atoms with Gasteiger partial charge in [-0.3, -0.25) is 14.2 Å². The summed E-state index contributed by atoms with van der Waals surface area (Å²) in [7, 11) is 0. The van der Waals surface area contributed by atoms with Crippen LogP contribution in [0.1, 0.15) is 54.8 Å². The van der Waals surface area contributed by atoms with E-state index in [2.05, 4.69) is 21.7 Å². The Morgan fingerprint density at radius 1 is 1.14 bits per heavy atom. The van der Waals surface area contributed by atoms with Gasteiger partial charge in [0.25, 0.3) is 5.56 Å². The molecule has 0 radical (unpaired) electrons. The number of esters is 1. The molecule has 0 atom stereocenters. The molecule has 5 rings (SSSR count). The van der Waals surface area contributed by atoms with Crippen molar-refractivity contribution >= 4 is 33.3 Å². The molecule has 1 aromatic carbocycles. The molecule has 0 fully saturated rings. The smallest absolute Gasteiger partial charge is 0.349 e. The van der Waals surface area contributed by atoms with E-state index >= 15 is 0 Å². The first-order valence-corrected chi connectivity index (χ1v) is 12.6. The predicted molar refractivity (Wildman–Crippen MR) is 136 cm³/mol. The Morgan fingerprint density at radius 2 is 1.91 bits per heavy atom. The highest BCUT2D eigenvalue weighted by molar-refractivity contribution is 7.20. The molecule has 1 aliphatic heterocycles. The number of rotatable bonds is 7. The molecule has 0 aliphatic carbocycles. The first-order chi connectivity index (χ1) is 16.8. The van der Waals surface area contributed by atoms with Gasteiger partial charge in [0.05, 0.1) is 5.39 Å². The van der Waals surface area contributed by atoms with Crippen molar-refractivity contribution in [3.8, 4) is 0 Å². The molecule has 4 aromatic rings. The minimum absolute atomic E-state index is 0.102. The molecule has 0 amide bonds. The van der Waals surface area contributed by atoms with Crippen molar-refractivity contribution in [1.82, 2.24) is 14.1 Å². The minimum atomic E-state index is -0.596. The number of thiophene rings is 1. The maximum absolute atomic E-state index is 12.9. The number of benzene rings is 1. The van der Waals surface area contributed by atoms with E-state index in [1.807, 2.05) is 38.1 Å². The van der Waals surface area contributed by atoms with E-state index in [-0.39, 0.29) is 17.9 Å². The second-order valence-corrected chi connectivity index (χ2v) is 10.00. The molecular formula is C27H27N3O4S. The highest BCUT2D eigenvalue weighted by Crippen LogP contribution is 2.29. The van der Waals surface area contributed by atoms with Crippen molar-refractivity contribution in [2.45, 2.75) is 53.1 Å². The average Bonchev–Trinajstić information content (AvgIpc) is 3.53. The number of ketones is 1. The number of aromatic nitrogens is 3. The molecule has 1 aliphatic rings. The Kier molecular flexibility index (Phi) is 6.15. The van der Waals surface area contributed by atoms with Crippen LogP contribution in [0, 0.1) is 20.8 Å². The molecule has 0 N–H and O–H groups in total. The lowest BCUT2D eigenvalue weighted by molar-refractivity contribution is 0.0479. The van der Waals surface area contributed by atoms with Gasteiger partial charge in [-0.25, -0.2) is 9.78 Å². The van der Waals surface area contributed by atoms with Crippen LogP contribution < -0.4 is 5.56 Å². The van der Waals surface area contributed by atoms with E-state index in [1.54, 1.807) is 11.5 Å². The molecule has 8 heteroatoms. The lowest BCUT2D eigenvalue weighted by Gasteiger charge is -2.10. The van der Waals surface area contributed by atoms with Gasteiger partial charge in [0.15, 0.2) is 6.61 Å². The van der Waals surface area contributed by atoms with E-state index < -0.39 is 5.97 Å². The van der Waals surface area contributed by atoms with E-state index in [4.69, 9.17) is 4.74 Å². The largest absolute Gasteiger partial charge is 0.453 e. The van der Waals surface area contributed by atoms with E-state index in [0.717, 1.165) is 54.4 Å². The second-order valence-electron chi connectivity index (χ2n) is 9.00. The van der Waals surface area contributed by atoms with E-state index in [1.165, 1.54) is 5.56 Å². The van der Waals surface area contributed by atoms with Crippen LogP contribution in [0.3, 0.4) is 0 Å². The summed E-state index contributed by atoms with van der Waals surface area (Å²) in [5.74, 6) is -0.0730. The topological polar surface area (TPSA) is 83.2 Å². The maximum atomic E-state index is 12.9. The summed E-state index contributed by atoms with van der Waals surface area (Å²) in [6.45, 7) is 6.71. The fourth-order valence-corrected chi connectivity index (χ4v) is 5.94. The maximum Gasteiger partial charge on any atom is 0.349 e. The summed E-state index contributed by atoms with van der Waals surface area (Å²) in [5, 5.41) is 0.473. The number of hydrogen-bond acceptors (Lipinski definition) is 6. The molecule has 4 heterocycles. The normalized spacial score (nSPS) is 12.8. The van der Waals surface area contributed by atoms with Gasteiger partial charge >= 0.3 is 5.97 Å². The Morgan fingerprint density at radius 3 is 2.69 bits per heavy atom. The fraction of sp³-hybridized carbons (Fsp3) is 0.333. The third kappa shape index (κ3) is 4.23. The van der Waals surface area contributed by atoms with Crippen LogP contribution in [0.25, 0.3) is 10.2 Å². The highest BCUT2D eigenvalue weighted by atomic mass is 32.1. The van der Waals surface area contributed by atoms with Crippen LogP contribution in [0.4, 0.5) is 0 Å². The van der Waals surface area contributed by atoms with Crippen LogP contribution in [-0.4, -0.2) is 32.5 Å². The van der Waals surface area contributed by atoms with Crippen molar-refractivity contribution in [2.24, 2.45) is 0 Å². The molecule has 0 unspecified atom stereocenters. The fourth-order valence-electron chi connectivity index (χ4n) is 4.86. The first kappa shape index (κ1) is 23.2. The standard InChI is InChI=1S/C27H27N3O4S/c1-16-14-20(18(3)29(16)13-11-19-8-5-4-6-9-19)21(31)15-34-27(33)24-17(2)23-25(35-24)28-22-10-7-12-30(22)26(23)32/h4-6,8-9,14H,7,10-13,15H2,1-3H3. The summed E-state index contributed by atoms with van der Waals surface area (Å²) < 4.78 is 9.22. The minimum Gasteiger partial charge on any atom is -0.453 e. The number of carbonyl (C=O) groups is 2. The molecular weight excluding hydrogens is 462 g/mol. The molecule has 0 saturated heterocycles. The molecule has 180 valence electrons. The van der Waals surface area contributed by atoms with Gasteiger partial charge in [0, 0.05) is 36.5 Å². The molecule has 35 heavy (non-hydrogen) atoms. The third-order valence-corrected chi connectivity index (χ3v) is 7.94. The van der Waals surface area contributed by atoms with Gasteiger partial charge in [-0.1, -0.05) is 30.3 Å². The van der Waals surface area contributed by atoms with Crippen molar-refractivity contribution in [2.75, 3.05) is 6.61 Å². The van der Waals surface area contributed by atoms with Gasteiger partial charge in [-0.2, -0.15) is 0 Å². The first-order valence-electron chi connectivity index (χ1n) is 11.8. The molecule has 0 saturated carbocycles. The third-order valence-electron chi connectivity index (χ3n) is 6.77. The van der Waals surface area contributed by atoms with Crippen LogP contribution in [0.15, 0.2) is 41.2 Å². The zero-order valence-electron chi connectivity index (χ0n) is 20.1. The van der Waals surface area contributed by atoms with E-state index in [0.29, 0.717) is 32.8 Å². The van der Waals surface area contributed by atoms with Crippen LogP contribution in [0.5, 0.6) is 0 Å². The summed E-state index contributed by atoms with van der Waals surface area (Å²) in [6, 6.07) is 12.1. The number of aryl methyl sites for hydroxylation is 4. The summed E-state index contributed by atoms with van der Waals surface area (Å²) in [4.78, 5) is 44.1. The number of hydrogen-bond donors (Lipinski definition) is 0. The zero-order valence-corrected chi connectivity index (χ0v) is 20.9. The zero-order chi connectivity index (χ0) is 24.7. The predicted octanol–water partition coefficient (Wildman–Crippen LogP) is 4.41.